The highest BCUT2D eigenvalue weighted by atomic mass is 16.3. The van der Waals surface area contributed by atoms with Crippen LogP contribution in [0.1, 0.15) is 19.8 Å². The summed E-state index contributed by atoms with van der Waals surface area (Å²) in [4.78, 5) is 10.8. The highest BCUT2D eigenvalue weighted by Crippen LogP contribution is 2.27. The van der Waals surface area contributed by atoms with Crippen LogP contribution in [0, 0.1) is 11.8 Å². The number of aliphatic hydroxyl groups excluding tert-OH is 1. The third-order valence-corrected chi connectivity index (χ3v) is 2.21. The van der Waals surface area contributed by atoms with Crippen molar-refractivity contribution in [3.63, 3.8) is 0 Å². The van der Waals surface area contributed by atoms with E-state index < -0.39 is 0 Å². The Morgan fingerprint density at radius 2 is 2.44 bits per heavy atom. The Hall–Kier alpha value is -0.370. The van der Waals surface area contributed by atoms with Gasteiger partial charge in [0.05, 0.1) is 0 Å². The summed E-state index contributed by atoms with van der Waals surface area (Å²) >= 11 is 0. The molecule has 0 heterocycles. The minimum absolute atomic E-state index is 0.106. The molecule has 0 amide bonds. The fraction of sp³-hybridized carbons (Fsp3) is 0.857. The average Bonchev–Trinajstić information content (AvgIpc) is 2.15. The molecule has 0 saturated heterocycles. The van der Waals surface area contributed by atoms with E-state index in [4.69, 9.17) is 5.11 Å². The fourth-order valence-corrected chi connectivity index (χ4v) is 1.32. The summed E-state index contributed by atoms with van der Waals surface area (Å²) in [6.07, 6.45) is 1.56. The summed E-state index contributed by atoms with van der Waals surface area (Å²) in [6.45, 7) is 2.07. The van der Waals surface area contributed by atoms with Crippen molar-refractivity contribution in [2.45, 2.75) is 19.8 Å². The molecule has 0 bridgehead atoms. The lowest BCUT2D eigenvalue weighted by Gasteiger charge is -2.08. The molecule has 1 saturated carbocycles. The molecule has 1 fully saturated rings. The molecule has 0 aromatic heterocycles. The van der Waals surface area contributed by atoms with Gasteiger partial charge in [0.25, 0.3) is 0 Å². The summed E-state index contributed by atoms with van der Waals surface area (Å²) in [5.74, 6) is 0.668. The van der Waals surface area contributed by atoms with Crippen LogP contribution in [-0.4, -0.2) is 17.5 Å². The minimum atomic E-state index is 0.106. The predicted molar refractivity (Wildman–Crippen MR) is 34.0 cm³/mol. The van der Waals surface area contributed by atoms with Crippen LogP contribution in [0.5, 0.6) is 0 Å². The molecular formula is C7H12O2. The maximum Gasteiger partial charge on any atom is 0.136 e. The molecule has 0 aromatic rings. The molecule has 1 aliphatic rings. The van der Waals surface area contributed by atoms with E-state index in [0.717, 1.165) is 6.42 Å². The van der Waals surface area contributed by atoms with Gasteiger partial charge in [0, 0.05) is 18.9 Å². The zero-order valence-corrected chi connectivity index (χ0v) is 5.63. The first-order valence-corrected chi connectivity index (χ1v) is 3.39. The minimum Gasteiger partial charge on any atom is -0.396 e. The first-order valence-electron chi connectivity index (χ1n) is 3.39. The summed E-state index contributed by atoms with van der Waals surface area (Å²) < 4.78 is 0. The molecule has 0 spiro atoms. The second-order valence-corrected chi connectivity index (χ2v) is 2.74. The lowest BCUT2D eigenvalue weighted by molar-refractivity contribution is -0.120. The first-order chi connectivity index (χ1) is 4.25. The number of hydrogen-bond donors (Lipinski definition) is 1. The monoisotopic (exact) mass is 128 g/mol. The Kier molecular flexibility index (Phi) is 1.86. The number of hydrogen-bond acceptors (Lipinski definition) is 2. The van der Waals surface area contributed by atoms with E-state index in [1.165, 1.54) is 0 Å². The lowest BCUT2D eigenvalue weighted by atomic mass is 9.99. The van der Waals surface area contributed by atoms with Crippen molar-refractivity contribution in [2.24, 2.45) is 11.8 Å². The van der Waals surface area contributed by atoms with Crippen molar-refractivity contribution < 1.29 is 9.90 Å². The van der Waals surface area contributed by atoms with Crippen molar-refractivity contribution in [1.29, 1.82) is 0 Å². The van der Waals surface area contributed by atoms with E-state index in [0.29, 0.717) is 12.2 Å². The largest absolute Gasteiger partial charge is 0.396 e. The number of Topliss-reactive ketones (excluding diaryl/α,β-unsaturated/α-hetero) is 1. The number of rotatable bonds is 1. The van der Waals surface area contributed by atoms with Crippen LogP contribution < -0.4 is 0 Å². The van der Waals surface area contributed by atoms with E-state index >= 15 is 0 Å². The van der Waals surface area contributed by atoms with Crippen molar-refractivity contribution >= 4 is 5.78 Å². The molecule has 0 aliphatic heterocycles. The van der Waals surface area contributed by atoms with Gasteiger partial charge in [-0.2, -0.15) is 0 Å². The van der Waals surface area contributed by atoms with Gasteiger partial charge in [0.15, 0.2) is 0 Å². The lowest BCUT2D eigenvalue weighted by Crippen LogP contribution is -2.13. The number of carbonyl (C=O) groups is 1. The van der Waals surface area contributed by atoms with E-state index in [1.807, 2.05) is 6.92 Å². The quantitative estimate of drug-likeness (QED) is 0.561. The Bertz CT molecular complexity index is 120. The molecular weight excluding hydrogens is 116 g/mol. The van der Waals surface area contributed by atoms with Crippen LogP contribution in [0.4, 0.5) is 0 Å². The normalized spacial score (nSPS) is 35.6. The highest BCUT2D eigenvalue weighted by molar-refractivity contribution is 5.82. The van der Waals surface area contributed by atoms with Crippen molar-refractivity contribution in [3.8, 4) is 0 Å². The van der Waals surface area contributed by atoms with Gasteiger partial charge in [0.2, 0.25) is 0 Å². The van der Waals surface area contributed by atoms with Crippen molar-refractivity contribution in [3.05, 3.63) is 0 Å². The zero-order valence-electron chi connectivity index (χ0n) is 5.63. The molecule has 0 aromatic carbocycles. The van der Waals surface area contributed by atoms with Crippen LogP contribution >= 0.6 is 0 Å². The van der Waals surface area contributed by atoms with Gasteiger partial charge in [-0.25, -0.2) is 0 Å². The molecule has 2 nitrogen and oxygen atoms in total. The van der Waals surface area contributed by atoms with Crippen LogP contribution in [-0.2, 0) is 4.79 Å². The molecule has 2 atom stereocenters. The average molecular weight is 128 g/mol. The smallest absolute Gasteiger partial charge is 0.136 e. The zero-order chi connectivity index (χ0) is 6.85. The van der Waals surface area contributed by atoms with E-state index in [9.17, 15) is 4.79 Å². The van der Waals surface area contributed by atoms with Gasteiger partial charge in [-0.15, -0.1) is 0 Å². The number of ketones is 1. The van der Waals surface area contributed by atoms with Gasteiger partial charge in [0.1, 0.15) is 5.78 Å². The molecule has 2 unspecified atom stereocenters. The Balaban J connectivity index is 2.51. The van der Waals surface area contributed by atoms with Crippen LogP contribution in [0.25, 0.3) is 0 Å². The summed E-state index contributed by atoms with van der Waals surface area (Å²) in [5.41, 5.74) is 0. The fourth-order valence-electron chi connectivity index (χ4n) is 1.32. The van der Waals surface area contributed by atoms with Crippen LogP contribution in [0.3, 0.4) is 0 Å². The van der Waals surface area contributed by atoms with E-state index in [2.05, 4.69) is 0 Å². The molecule has 1 aliphatic carbocycles. The Morgan fingerprint density at radius 3 is 2.67 bits per heavy atom. The summed E-state index contributed by atoms with van der Waals surface area (Å²) in [7, 11) is 0. The van der Waals surface area contributed by atoms with Gasteiger partial charge in [-0.1, -0.05) is 6.92 Å². The Labute approximate surface area is 54.9 Å². The highest BCUT2D eigenvalue weighted by Gasteiger charge is 2.29. The van der Waals surface area contributed by atoms with Gasteiger partial charge in [-0.3, -0.25) is 4.79 Å². The molecule has 0 radical (unpaired) electrons. The topological polar surface area (TPSA) is 37.3 Å². The SMILES string of the molecule is CC1C(=O)CCC1CO. The number of carbonyl (C=O) groups excluding carboxylic acids is 1. The van der Waals surface area contributed by atoms with Gasteiger partial charge < -0.3 is 5.11 Å². The molecule has 1 rings (SSSR count). The van der Waals surface area contributed by atoms with Crippen molar-refractivity contribution in [1.82, 2.24) is 0 Å². The summed E-state index contributed by atoms with van der Waals surface area (Å²) in [6, 6.07) is 0. The second-order valence-electron chi connectivity index (χ2n) is 2.74. The van der Waals surface area contributed by atoms with E-state index in [-0.39, 0.29) is 18.4 Å². The molecule has 9 heavy (non-hydrogen) atoms. The third kappa shape index (κ3) is 1.13. The van der Waals surface area contributed by atoms with E-state index in [1.54, 1.807) is 0 Å². The standard InChI is InChI=1S/C7H12O2/c1-5-6(4-8)2-3-7(5)9/h5-6,8H,2-4H2,1H3. The van der Waals surface area contributed by atoms with Gasteiger partial charge >= 0.3 is 0 Å². The van der Waals surface area contributed by atoms with Crippen molar-refractivity contribution in [2.75, 3.05) is 6.61 Å². The Morgan fingerprint density at radius 1 is 1.78 bits per heavy atom. The first kappa shape index (κ1) is 6.75. The third-order valence-electron chi connectivity index (χ3n) is 2.21. The van der Waals surface area contributed by atoms with Gasteiger partial charge in [-0.05, 0) is 12.3 Å². The van der Waals surface area contributed by atoms with Crippen LogP contribution in [0.15, 0.2) is 0 Å². The van der Waals surface area contributed by atoms with Crippen LogP contribution in [0.2, 0.25) is 0 Å². The summed E-state index contributed by atoms with van der Waals surface area (Å²) in [5, 5.41) is 8.70. The number of aliphatic hydroxyl groups is 1. The predicted octanol–water partition coefficient (Wildman–Crippen LogP) is 0.594. The maximum absolute atomic E-state index is 10.8. The molecule has 52 valence electrons. The molecule has 2 heteroatoms. The maximum atomic E-state index is 10.8. The second kappa shape index (κ2) is 2.48. The molecule has 1 N–H and O–H groups in total.